The Morgan fingerprint density at radius 3 is 2.65 bits per heavy atom. The highest BCUT2D eigenvalue weighted by Crippen LogP contribution is 2.15. The van der Waals surface area contributed by atoms with Crippen molar-refractivity contribution in [2.75, 3.05) is 32.7 Å². The molecule has 6 heteroatoms. The summed E-state index contributed by atoms with van der Waals surface area (Å²) in [6.07, 6.45) is 1.62. The SMILES string of the molecule is CCCNC(=O)NCCN1CCC(C(=O)O)C1. The van der Waals surface area contributed by atoms with Crippen LogP contribution in [0.3, 0.4) is 0 Å². The van der Waals surface area contributed by atoms with Crippen LogP contribution in [0.1, 0.15) is 19.8 Å². The van der Waals surface area contributed by atoms with E-state index in [0.29, 0.717) is 32.6 Å². The summed E-state index contributed by atoms with van der Waals surface area (Å²) in [6.45, 7) is 5.33. The number of hydrogen-bond acceptors (Lipinski definition) is 3. The third-order valence-electron chi connectivity index (χ3n) is 2.87. The Morgan fingerprint density at radius 2 is 2.06 bits per heavy atom. The van der Waals surface area contributed by atoms with Gasteiger partial charge in [-0.2, -0.15) is 0 Å². The second-order valence-corrected chi connectivity index (χ2v) is 4.31. The average Bonchev–Trinajstić information content (AvgIpc) is 2.75. The standard InChI is InChI=1S/C11H21N3O3/c1-2-4-12-11(17)13-5-7-14-6-3-9(8-14)10(15)16/h9H,2-8H2,1H3,(H,15,16)(H2,12,13,17). The minimum Gasteiger partial charge on any atom is -0.481 e. The first-order valence-electron chi connectivity index (χ1n) is 6.10. The van der Waals surface area contributed by atoms with Gasteiger partial charge in [0.25, 0.3) is 0 Å². The molecular weight excluding hydrogens is 222 g/mol. The Kier molecular flexibility index (Phi) is 5.76. The molecule has 1 saturated heterocycles. The van der Waals surface area contributed by atoms with Gasteiger partial charge in [0, 0.05) is 26.2 Å². The number of nitrogens with one attached hydrogen (secondary N) is 2. The molecule has 0 bridgehead atoms. The minimum atomic E-state index is -0.721. The highest BCUT2D eigenvalue weighted by molar-refractivity contribution is 5.73. The molecule has 1 unspecified atom stereocenters. The number of amides is 2. The van der Waals surface area contributed by atoms with Crippen LogP contribution in [0.4, 0.5) is 4.79 Å². The average molecular weight is 243 g/mol. The van der Waals surface area contributed by atoms with Gasteiger partial charge in [0.2, 0.25) is 0 Å². The van der Waals surface area contributed by atoms with Crippen LogP contribution in [0.25, 0.3) is 0 Å². The molecule has 1 atom stereocenters. The van der Waals surface area contributed by atoms with Crippen LogP contribution < -0.4 is 10.6 Å². The lowest BCUT2D eigenvalue weighted by molar-refractivity contribution is -0.141. The molecule has 0 saturated carbocycles. The number of carboxylic acid groups (broad SMARTS) is 1. The van der Waals surface area contributed by atoms with Gasteiger partial charge in [0.05, 0.1) is 5.92 Å². The summed E-state index contributed by atoms with van der Waals surface area (Å²) in [7, 11) is 0. The first-order chi connectivity index (χ1) is 8.13. The fourth-order valence-electron chi connectivity index (χ4n) is 1.87. The lowest BCUT2D eigenvalue weighted by Crippen LogP contribution is -2.40. The number of nitrogens with zero attached hydrogens (tertiary/aromatic N) is 1. The van der Waals surface area contributed by atoms with Crippen molar-refractivity contribution in [1.29, 1.82) is 0 Å². The van der Waals surface area contributed by atoms with Crippen molar-refractivity contribution < 1.29 is 14.7 Å². The summed E-state index contributed by atoms with van der Waals surface area (Å²) >= 11 is 0. The lowest BCUT2D eigenvalue weighted by atomic mass is 10.1. The quantitative estimate of drug-likeness (QED) is 0.618. The Labute approximate surface area is 101 Å². The highest BCUT2D eigenvalue weighted by atomic mass is 16.4. The molecule has 98 valence electrons. The van der Waals surface area contributed by atoms with E-state index in [1.807, 2.05) is 6.92 Å². The van der Waals surface area contributed by atoms with E-state index in [2.05, 4.69) is 15.5 Å². The molecule has 1 heterocycles. The van der Waals surface area contributed by atoms with Gasteiger partial charge in [0.15, 0.2) is 0 Å². The zero-order chi connectivity index (χ0) is 12.7. The van der Waals surface area contributed by atoms with Crippen molar-refractivity contribution in [2.24, 2.45) is 5.92 Å². The van der Waals surface area contributed by atoms with Crippen LogP contribution in [-0.2, 0) is 4.79 Å². The minimum absolute atomic E-state index is 0.152. The van der Waals surface area contributed by atoms with Gasteiger partial charge in [-0.25, -0.2) is 4.79 Å². The van der Waals surface area contributed by atoms with E-state index in [1.165, 1.54) is 0 Å². The summed E-state index contributed by atoms with van der Waals surface area (Å²) in [5.74, 6) is -0.968. The van der Waals surface area contributed by atoms with Crippen LogP contribution in [-0.4, -0.2) is 54.7 Å². The first kappa shape index (κ1) is 13.8. The molecule has 0 radical (unpaired) electrons. The van der Waals surface area contributed by atoms with Crippen LogP contribution in [0.2, 0.25) is 0 Å². The molecule has 2 amide bonds. The summed E-state index contributed by atoms with van der Waals surface area (Å²) < 4.78 is 0. The van der Waals surface area contributed by atoms with Gasteiger partial charge in [-0.1, -0.05) is 6.92 Å². The highest BCUT2D eigenvalue weighted by Gasteiger charge is 2.27. The van der Waals surface area contributed by atoms with E-state index in [4.69, 9.17) is 5.11 Å². The zero-order valence-corrected chi connectivity index (χ0v) is 10.2. The second-order valence-electron chi connectivity index (χ2n) is 4.31. The first-order valence-corrected chi connectivity index (χ1v) is 6.10. The number of carbonyl (C=O) groups excluding carboxylic acids is 1. The number of carboxylic acids is 1. The normalized spacial score (nSPS) is 20.2. The van der Waals surface area contributed by atoms with Gasteiger partial charge in [-0.3, -0.25) is 4.79 Å². The molecule has 1 aliphatic heterocycles. The van der Waals surface area contributed by atoms with Crippen LogP contribution in [0.5, 0.6) is 0 Å². The Hall–Kier alpha value is -1.30. The number of aliphatic carboxylic acids is 1. The van der Waals surface area contributed by atoms with Crippen molar-refractivity contribution in [3.05, 3.63) is 0 Å². The molecule has 0 aromatic rings. The maximum atomic E-state index is 11.2. The molecule has 17 heavy (non-hydrogen) atoms. The number of hydrogen-bond donors (Lipinski definition) is 3. The monoisotopic (exact) mass is 243 g/mol. The largest absolute Gasteiger partial charge is 0.481 e. The number of urea groups is 1. The van der Waals surface area contributed by atoms with E-state index in [9.17, 15) is 9.59 Å². The molecule has 0 aromatic heterocycles. The van der Waals surface area contributed by atoms with E-state index >= 15 is 0 Å². The number of likely N-dealkylation sites (tertiary alicyclic amines) is 1. The van der Waals surface area contributed by atoms with Crippen molar-refractivity contribution in [2.45, 2.75) is 19.8 Å². The van der Waals surface area contributed by atoms with E-state index in [-0.39, 0.29) is 11.9 Å². The van der Waals surface area contributed by atoms with E-state index < -0.39 is 5.97 Å². The zero-order valence-electron chi connectivity index (χ0n) is 10.2. The molecule has 1 fully saturated rings. The smallest absolute Gasteiger partial charge is 0.314 e. The maximum Gasteiger partial charge on any atom is 0.314 e. The van der Waals surface area contributed by atoms with Crippen molar-refractivity contribution in [1.82, 2.24) is 15.5 Å². The Bertz CT molecular complexity index is 271. The van der Waals surface area contributed by atoms with E-state index in [1.54, 1.807) is 0 Å². The van der Waals surface area contributed by atoms with Gasteiger partial charge < -0.3 is 20.6 Å². The van der Waals surface area contributed by atoms with Crippen LogP contribution >= 0.6 is 0 Å². The fourth-order valence-corrected chi connectivity index (χ4v) is 1.87. The predicted molar refractivity (Wildman–Crippen MR) is 63.9 cm³/mol. The molecule has 0 aliphatic carbocycles. The van der Waals surface area contributed by atoms with Crippen LogP contribution in [0.15, 0.2) is 0 Å². The second kappa shape index (κ2) is 7.11. The Morgan fingerprint density at radius 1 is 1.35 bits per heavy atom. The lowest BCUT2D eigenvalue weighted by Gasteiger charge is -2.15. The Balaban J connectivity index is 2.08. The van der Waals surface area contributed by atoms with Gasteiger partial charge in [-0.05, 0) is 19.4 Å². The molecule has 6 nitrogen and oxygen atoms in total. The molecular formula is C11H21N3O3. The maximum absolute atomic E-state index is 11.2. The number of rotatable bonds is 6. The molecule has 3 N–H and O–H groups in total. The third-order valence-corrected chi connectivity index (χ3v) is 2.87. The fraction of sp³-hybridized carbons (Fsp3) is 0.818. The van der Waals surface area contributed by atoms with Gasteiger partial charge in [0.1, 0.15) is 0 Å². The van der Waals surface area contributed by atoms with Crippen LogP contribution in [0, 0.1) is 5.92 Å². The van der Waals surface area contributed by atoms with Crippen molar-refractivity contribution in [3.63, 3.8) is 0 Å². The third kappa shape index (κ3) is 5.04. The summed E-state index contributed by atoms with van der Waals surface area (Å²) in [5, 5.41) is 14.3. The van der Waals surface area contributed by atoms with Gasteiger partial charge >= 0.3 is 12.0 Å². The predicted octanol–water partition coefficient (Wildman–Crippen LogP) is 0.102. The van der Waals surface area contributed by atoms with Crippen molar-refractivity contribution >= 4 is 12.0 Å². The summed E-state index contributed by atoms with van der Waals surface area (Å²) in [5.41, 5.74) is 0. The molecule has 0 aromatic carbocycles. The summed E-state index contributed by atoms with van der Waals surface area (Å²) in [6, 6.07) is -0.152. The summed E-state index contributed by atoms with van der Waals surface area (Å²) in [4.78, 5) is 24.0. The molecule has 1 rings (SSSR count). The number of carbonyl (C=O) groups is 2. The van der Waals surface area contributed by atoms with Gasteiger partial charge in [-0.15, -0.1) is 0 Å². The molecule has 0 spiro atoms. The van der Waals surface area contributed by atoms with E-state index in [0.717, 1.165) is 13.0 Å². The topological polar surface area (TPSA) is 81.7 Å². The molecule has 1 aliphatic rings. The van der Waals surface area contributed by atoms with Crippen molar-refractivity contribution in [3.8, 4) is 0 Å².